The average molecular weight is 495 g/mol. The number of carbonyl (C=O) groups is 2. The Bertz CT molecular complexity index is 1270. The zero-order valence-electron chi connectivity index (χ0n) is 19.3. The number of alkyl halides is 3. The first-order valence-corrected chi connectivity index (χ1v) is 11.8. The van der Waals surface area contributed by atoms with Gasteiger partial charge in [-0.15, -0.1) is 11.3 Å². The van der Waals surface area contributed by atoms with Gasteiger partial charge in [0, 0.05) is 16.4 Å². The van der Waals surface area contributed by atoms with Gasteiger partial charge >= 0.3 is 12.1 Å². The van der Waals surface area contributed by atoms with Crippen LogP contribution in [0.5, 0.6) is 0 Å². The van der Waals surface area contributed by atoms with Crippen molar-refractivity contribution in [3.63, 3.8) is 0 Å². The summed E-state index contributed by atoms with van der Waals surface area (Å²) in [5.41, 5.74) is -0.543. The topological polar surface area (TPSA) is 85.6 Å². The van der Waals surface area contributed by atoms with E-state index in [1.165, 1.54) is 17.4 Å². The lowest BCUT2D eigenvalue weighted by Gasteiger charge is -2.19. The molecular weight excluding hydrogens is 469 g/mol. The summed E-state index contributed by atoms with van der Waals surface area (Å²) in [5.74, 6) is -1.25. The van der Waals surface area contributed by atoms with E-state index in [9.17, 15) is 22.8 Å². The number of nitrogens with zero attached hydrogens (tertiary/aromatic N) is 3. The number of nitrogens with one attached hydrogen (secondary N) is 1. The van der Waals surface area contributed by atoms with Crippen molar-refractivity contribution in [2.24, 2.45) is 0 Å². The van der Waals surface area contributed by atoms with Crippen LogP contribution in [0.2, 0.25) is 0 Å². The van der Waals surface area contributed by atoms with Gasteiger partial charge in [0.05, 0.1) is 17.9 Å². The van der Waals surface area contributed by atoms with Gasteiger partial charge in [0.15, 0.2) is 11.3 Å². The van der Waals surface area contributed by atoms with Crippen LogP contribution in [0.3, 0.4) is 0 Å². The number of amides is 1. The van der Waals surface area contributed by atoms with E-state index < -0.39 is 29.2 Å². The summed E-state index contributed by atoms with van der Waals surface area (Å²) >= 11 is 1.30. The second-order valence-corrected chi connectivity index (χ2v) is 10.3. The molecule has 0 saturated heterocycles. The molecule has 0 aliphatic heterocycles. The number of aryl methyl sites for hydroxylation is 1. The third-order valence-corrected chi connectivity index (χ3v) is 6.80. The van der Waals surface area contributed by atoms with Gasteiger partial charge < -0.3 is 10.1 Å². The van der Waals surface area contributed by atoms with Gasteiger partial charge in [-0.05, 0) is 44.2 Å². The number of thiophene rings is 1. The van der Waals surface area contributed by atoms with E-state index in [1.807, 2.05) is 0 Å². The van der Waals surface area contributed by atoms with Gasteiger partial charge in [0.1, 0.15) is 10.7 Å². The molecule has 34 heavy (non-hydrogen) atoms. The van der Waals surface area contributed by atoms with Crippen molar-refractivity contribution in [1.29, 1.82) is 0 Å². The molecule has 0 aromatic carbocycles. The zero-order chi connectivity index (χ0) is 24.8. The van der Waals surface area contributed by atoms with Crippen molar-refractivity contribution < 1.29 is 27.5 Å². The monoisotopic (exact) mass is 494 g/mol. The molecule has 3 heterocycles. The van der Waals surface area contributed by atoms with E-state index in [2.05, 4.69) is 15.4 Å². The molecule has 0 radical (unpaired) electrons. The fourth-order valence-electron chi connectivity index (χ4n) is 3.91. The van der Waals surface area contributed by atoms with Crippen molar-refractivity contribution in [2.45, 2.75) is 65.0 Å². The maximum absolute atomic E-state index is 13.7. The van der Waals surface area contributed by atoms with Crippen molar-refractivity contribution >= 4 is 33.9 Å². The number of esters is 1. The minimum absolute atomic E-state index is 0.0824. The first kappa shape index (κ1) is 24.2. The highest BCUT2D eigenvalue weighted by molar-refractivity contribution is 7.17. The number of aromatic nitrogens is 3. The summed E-state index contributed by atoms with van der Waals surface area (Å²) < 4.78 is 47.1. The molecule has 182 valence electrons. The molecule has 0 fully saturated rings. The van der Waals surface area contributed by atoms with Crippen LogP contribution < -0.4 is 5.32 Å². The standard InChI is InChI=1S/C23H25F3N4O3S/c1-5-33-21(32)18-12-8-6-7-9-14(12)34-20(18)28-19(31)13-10-17-27-15(22(2,3)4)11-16(23(24,25)26)30(17)29-13/h10-11H,5-9H2,1-4H3,(H,28,31). The molecule has 1 aliphatic rings. The SMILES string of the molecule is CCOC(=O)c1c(NC(=O)c2cc3nc(C(C)(C)C)cc(C(F)(F)F)n3n2)sc2c1CCCC2. The number of hydrogen-bond donors (Lipinski definition) is 1. The molecular formula is C23H25F3N4O3S. The van der Waals surface area contributed by atoms with Crippen LogP contribution in [0.25, 0.3) is 5.65 Å². The predicted molar refractivity (Wildman–Crippen MR) is 122 cm³/mol. The van der Waals surface area contributed by atoms with E-state index in [1.54, 1.807) is 27.7 Å². The number of anilines is 1. The number of fused-ring (bicyclic) bond motifs is 2. The molecule has 0 spiro atoms. The molecule has 1 amide bonds. The first-order chi connectivity index (χ1) is 15.9. The maximum atomic E-state index is 13.7. The lowest BCUT2D eigenvalue weighted by atomic mass is 9.91. The summed E-state index contributed by atoms with van der Waals surface area (Å²) in [6.45, 7) is 7.15. The van der Waals surface area contributed by atoms with Gasteiger partial charge in [-0.2, -0.15) is 18.3 Å². The molecule has 7 nitrogen and oxygen atoms in total. The van der Waals surface area contributed by atoms with Crippen LogP contribution in [0, 0.1) is 0 Å². The highest BCUT2D eigenvalue weighted by Gasteiger charge is 2.37. The van der Waals surface area contributed by atoms with E-state index in [0.717, 1.165) is 35.8 Å². The van der Waals surface area contributed by atoms with Crippen molar-refractivity contribution in [3.8, 4) is 0 Å². The van der Waals surface area contributed by atoms with Crippen LogP contribution in [0.4, 0.5) is 18.2 Å². The van der Waals surface area contributed by atoms with E-state index in [4.69, 9.17) is 4.74 Å². The summed E-state index contributed by atoms with van der Waals surface area (Å²) in [5, 5.41) is 6.91. The summed E-state index contributed by atoms with van der Waals surface area (Å²) in [4.78, 5) is 31.0. The Hall–Kier alpha value is -2.95. The Labute approximate surface area is 198 Å². The number of carbonyl (C=O) groups excluding carboxylic acids is 2. The van der Waals surface area contributed by atoms with Gasteiger partial charge in [-0.1, -0.05) is 20.8 Å². The highest BCUT2D eigenvalue weighted by atomic mass is 32.1. The second kappa shape index (κ2) is 8.68. The average Bonchev–Trinajstić information content (AvgIpc) is 3.32. The van der Waals surface area contributed by atoms with Crippen LogP contribution in [0.1, 0.15) is 83.2 Å². The fraction of sp³-hybridized carbons (Fsp3) is 0.478. The number of ether oxygens (including phenoxy) is 1. The zero-order valence-corrected chi connectivity index (χ0v) is 20.1. The predicted octanol–water partition coefficient (Wildman–Crippen LogP) is 5.41. The lowest BCUT2D eigenvalue weighted by molar-refractivity contribution is -0.142. The van der Waals surface area contributed by atoms with Crippen molar-refractivity contribution in [2.75, 3.05) is 11.9 Å². The quantitative estimate of drug-likeness (QED) is 0.490. The molecule has 11 heteroatoms. The van der Waals surface area contributed by atoms with Gasteiger partial charge in [-0.3, -0.25) is 4.79 Å². The molecule has 3 aromatic rings. The molecule has 1 N–H and O–H groups in total. The maximum Gasteiger partial charge on any atom is 0.433 e. The minimum Gasteiger partial charge on any atom is -0.462 e. The molecule has 0 bridgehead atoms. The van der Waals surface area contributed by atoms with Crippen LogP contribution in [-0.2, 0) is 29.2 Å². The van der Waals surface area contributed by atoms with Crippen LogP contribution in [-0.4, -0.2) is 33.1 Å². The Morgan fingerprint density at radius 2 is 1.88 bits per heavy atom. The van der Waals surface area contributed by atoms with Gasteiger partial charge in [0.2, 0.25) is 0 Å². The lowest BCUT2D eigenvalue weighted by Crippen LogP contribution is -2.20. The summed E-state index contributed by atoms with van der Waals surface area (Å²) in [7, 11) is 0. The number of hydrogen-bond acceptors (Lipinski definition) is 6. The molecule has 0 unspecified atom stereocenters. The van der Waals surface area contributed by atoms with E-state index in [-0.39, 0.29) is 23.6 Å². The van der Waals surface area contributed by atoms with E-state index >= 15 is 0 Å². The van der Waals surface area contributed by atoms with Crippen molar-refractivity contribution in [3.05, 3.63) is 45.2 Å². The van der Waals surface area contributed by atoms with Gasteiger partial charge in [0.25, 0.3) is 5.91 Å². The Kier molecular flexibility index (Phi) is 6.17. The largest absolute Gasteiger partial charge is 0.462 e. The Morgan fingerprint density at radius 1 is 1.18 bits per heavy atom. The first-order valence-electron chi connectivity index (χ1n) is 11.0. The molecule has 4 rings (SSSR count). The fourth-order valence-corrected chi connectivity index (χ4v) is 5.18. The Balaban J connectivity index is 1.75. The van der Waals surface area contributed by atoms with Crippen molar-refractivity contribution in [1.82, 2.24) is 14.6 Å². The van der Waals surface area contributed by atoms with Gasteiger partial charge in [-0.25, -0.2) is 14.3 Å². The number of halogens is 3. The highest BCUT2D eigenvalue weighted by Crippen LogP contribution is 2.39. The third kappa shape index (κ3) is 4.53. The smallest absolute Gasteiger partial charge is 0.433 e. The van der Waals surface area contributed by atoms with Crippen LogP contribution >= 0.6 is 11.3 Å². The summed E-state index contributed by atoms with van der Waals surface area (Å²) in [6, 6.07) is 2.17. The molecule has 3 aromatic heterocycles. The Morgan fingerprint density at radius 3 is 2.53 bits per heavy atom. The number of rotatable bonds is 4. The molecule has 1 aliphatic carbocycles. The van der Waals surface area contributed by atoms with E-state index in [0.29, 0.717) is 21.5 Å². The second-order valence-electron chi connectivity index (χ2n) is 9.16. The third-order valence-electron chi connectivity index (χ3n) is 5.60. The minimum atomic E-state index is -4.69. The molecule has 0 atom stereocenters. The molecule has 0 saturated carbocycles. The van der Waals surface area contributed by atoms with Crippen LogP contribution in [0.15, 0.2) is 12.1 Å². The summed E-state index contributed by atoms with van der Waals surface area (Å²) in [6.07, 6.45) is -1.27. The normalized spacial score (nSPS) is 14.2.